The van der Waals surface area contributed by atoms with E-state index in [1.54, 1.807) is 50.4 Å². The van der Waals surface area contributed by atoms with Crippen molar-refractivity contribution in [3.63, 3.8) is 0 Å². The Morgan fingerprint density at radius 3 is 2.29 bits per heavy atom. The molecule has 0 saturated heterocycles. The van der Waals surface area contributed by atoms with Gasteiger partial charge in [-0.05, 0) is 54.4 Å². The first-order chi connectivity index (χ1) is 14.7. The third-order valence-corrected chi connectivity index (χ3v) is 4.57. The van der Waals surface area contributed by atoms with Crippen LogP contribution in [0.3, 0.4) is 0 Å². The molecule has 0 aliphatic rings. The molecule has 0 unspecified atom stereocenters. The van der Waals surface area contributed by atoms with Crippen molar-refractivity contribution < 1.29 is 32.2 Å². The summed E-state index contributed by atoms with van der Waals surface area (Å²) in [5, 5.41) is 0. The molecule has 0 fully saturated rings. The van der Waals surface area contributed by atoms with Gasteiger partial charge in [0.2, 0.25) is 0 Å². The van der Waals surface area contributed by atoms with Gasteiger partial charge in [-0.15, -0.1) is 0 Å². The highest BCUT2D eigenvalue weighted by Gasteiger charge is 2.32. The smallest absolute Gasteiger partial charge is 0.416 e. The van der Waals surface area contributed by atoms with Crippen LogP contribution in [0.15, 0.2) is 54.6 Å². The number of nitrogens with zero attached hydrogens (tertiary/aromatic N) is 1. The fourth-order valence-corrected chi connectivity index (χ4v) is 2.88. The highest BCUT2D eigenvalue weighted by Crippen LogP contribution is 2.35. The molecule has 0 radical (unpaired) electrons. The molecule has 2 aromatic carbocycles. The topological polar surface area (TPSA) is 57.7 Å². The lowest BCUT2D eigenvalue weighted by molar-refractivity contribution is -0.137. The number of alkyl halides is 3. The van der Waals surface area contributed by atoms with E-state index in [4.69, 9.17) is 14.2 Å². The first kappa shape index (κ1) is 22.1. The molecule has 5 nitrogen and oxygen atoms in total. The van der Waals surface area contributed by atoms with Gasteiger partial charge in [-0.25, -0.2) is 9.78 Å². The number of halogens is 3. The number of aryl methyl sites for hydroxylation is 1. The highest BCUT2D eigenvalue weighted by molar-refractivity contribution is 5.89. The quantitative estimate of drug-likeness (QED) is 0.486. The second-order valence-electron chi connectivity index (χ2n) is 6.73. The number of aromatic nitrogens is 1. The third-order valence-electron chi connectivity index (χ3n) is 4.57. The van der Waals surface area contributed by atoms with Gasteiger partial charge in [0.25, 0.3) is 0 Å². The van der Waals surface area contributed by atoms with Crippen LogP contribution in [0.25, 0.3) is 11.3 Å². The molecular formula is C23H20F3NO4. The van der Waals surface area contributed by atoms with Gasteiger partial charge in [-0.3, -0.25) is 0 Å². The maximum absolute atomic E-state index is 13.5. The van der Waals surface area contributed by atoms with E-state index < -0.39 is 17.7 Å². The molecule has 162 valence electrons. The fraction of sp³-hybridized carbons (Fsp3) is 0.217. The molecular weight excluding hydrogens is 411 g/mol. The summed E-state index contributed by atoms with van der Waals surface area (Å²) >= 11 is 0. The maximum atomic E-state index is 13.5. The first-order valence-corrected chi connectivity index (χ1v) is 9.25. The fourth-order valence-electron chi connectivity index (χ4n) is 2.88. The molecule has 0 amide bonds. The molecule has 1 aromatic heterocycles. The average Bonchev–Trinajstić information content (AvgIpc) is 2.77. The van der Waals surface area contributed by atoms with Crippen molar-refractivity contribution >= 4 is 5.97 Å². The van der Waals surface area contributed by atoms with Crippen LogP contribution in [0.2, 0.25) is 0 Å². The summed E-state index contributed by atoms with van der Waals surface area (Å²) in [6.45, 7) is 1.73. The van der Waals surface area contributed by atoms with Crippen molar-refractivity contribution in [2.75, 3.05) is 14.2 Å². The highest BCUT2D eigenvalue weighted by atomic mass is 19.4. The average molecular weight is 431 g/mol. The van der Waals surface area contributed by atoms with Crippen molar-refractivity contribution in [2.24, 2.45) is 0 Å². The molecule has 0 spiro atoms. The van der Waals surface area contributed by atoms with Crippen LogP contribution >= 0.6 is 0 Å². The Morgan fingerprint density at radius 1 is 0.968 bits per heavy atom. The monoisotopic (exact) mass is 431 g/mol. The summed E-state index contributed by atoms with van der Waals surface area (Å²) < 4.78 is 55.8. The molecule has 0 saturated carbocycles. The van der Waals surface area contributed by atoms with E-state index in [2.05, 4.69) is 4.98 Å². The Kier molecular flexibility index (Phi) is 6.48. The van der Waals surface area contributed by atoms with E-state index >= 15 is 0 Å². The summed E-state index contributed by atoms with van der Waals surface area (Å²) in [7, 11) is 2.76. The van der Waals surface area contributed by atoms with Gasteiger partial charge >= 0.3 is 12.1 Å². The Labute approximate surface area is 177 Å². The summed E-state index contributed by atoms with van der Waals surface area (Å²) in [6.07, 6.45) is -4.58. The van der Waals surface area contributed by atoms with Crippen molar-refractivity contribution in [1.29, 1.82) is 0 Å². The van der Waals surface area contributed by atoms with Crippen molar-refractivity contribution in [1.82, 2.24) is 4.98 Å². The number of pyridine rings is 1. The van der Waals surface area contributed by atoms with Crippen molar-refractivity contribution in [3.05, 3.63) is 77.0 Å². The number of hydrogen-bond donors (Lipinski definition) is 0. The molecule has 8 heteroatoms. The summed E-state index contributed by atoms with van der Waals surface area (Å²) in [5.74, 6) is 0.0295. The van der Waals surface area contributed by atoms with Crippen molar-refractivity contribution in [2.45, 2.75) is 19.7 Å². The van der Waals surface area contributed by atoms with Crippen LogP contribution in [0, 0.1) is 6.92 Å². The first-order valence-electron chi connectivity index (χ1n) is 9.25. The van der Waals surface area contributed by atoms with Crippen LogP contribution in [-0.4, -0.2) is 25.2 Å². The van der Waals surface area contributed by atoms with E-state index in [0.29, 0.717) is 11.3 Å². The Morgan fingerprint density at radius 2 is 1.68 bits per heavy atom. The molecule has 3 aromatic rings. The Bertz CT molecular complexity index is 1080. The Balaban J connectivity index is 1.96. The van der Waals surface area contributed by atoms with E-state index in [0.717, 1.165) is 17.7 Å². The number of carbonyl (C=O) groups is 1. The van der Waals surface area contributed by atoms with Gasteiger partial charge in [0.05, 0.1) is 25.5 Å². The van der Waals surface area contributed by atoms with E-state index in [1.807, 2.05) is 0 Å². The molecule has 3 rings (SSSR count). The van der Waals surface area contributed by atoms with Crippen LogP contribution in [0.5, 0.6) is 11.5 Å². The van der Waals surface area contributed by atoms with Gasteiger partial charge in [0.15, 0.2) is 5.69 Å². The second kappa shape index (κ2) is 9.07. The van der Waals surface area contributed by atoms with Crippen LogP contribution in [0.4, 0.5) is 13.2 Å². The zero-order valence-electron chi connectivity index (χ0n) is 17.1. The van der Waals surface area contributed by atoms with Gasteiger partial charge in [-0.1, -0.05) is 18.2 Å². The lowest BCUT2D eigenvalue weighted by Gasteiger charge is -2.14. The van der Waals surface area contributed by atoms with Gasteiger partial charge < -0.3 is 14.2 Å². The number of benzene rings is 2. The maximum Gasteiger partial charge on any atom is 0.416 e. The predicted molar refractivity (Wildman–Crippen MR) is 108 cm³/mol. The second-order valence-corrected chi connectivity index (χ2v) is 6.73. The molecule has 0 N–H and O–H groups in total. The predicted octanol–water partition coefficient (Wildman–Crippen LogP) is 5.45. The molecule has 31 heavy (non-hydrogen) atoms. The van der Waals surface area contributed by atoms with Crippen LogP contribution in [0.1, 0.15) is 27.2 Å². The normalized spacial score (nSPS) is 11.2. The zero-order valence-corrected chi connectivity index (χ0v) is 17.1. The largest absolute Gasteiger partial charge is 0.497 e. The number of carbonyl (C=O) groups excluding carboxylic acids is 1. The van der Waals surface area contributed by atoms with Gasteiger partial charge in [0.1, 0.15) is 18.1 Å². The standard InChI is InChI=1S/C23H20F3NO4/c1-14-4-9-20(27-21(14)22(28)30-3)16-10-17(23(24,25)26)12-19(11-16)31-13-15-5-7-18(29-2)8-6-15/h4-12H,13H2,1-3H3. The minimum absolute atomic E-state index is 0.0302. The number of hydrogen-bond acceptors (Lipinski definition) is 5. The minimum Gasteiger partial charge on any atom is -0.497 e. The molecule has 0 aliphatic carbocycles. The molecule has 1 heterocycles. The number of ether oxygens (including phenoxy) is 3. The van der Waals surface area contributed by atoms with Crippen LogP contribution in [-0.2, 0) is 17.5 Å². The minimum atomic E-state index is -4.58. The summed E-state index contributed by atoms with van der Waals surface area (Å²) in [6, 6.07) is 13.5. The summed E-state index contributed by atoms with van der Waals surface area (Å²) in [4.78, 5) is 16.1. The van der Waals surface area contributed by atoms with Crippen LogP contribution < -0.4 is 9.47 Å². The number of rotatable bonds is 6. The molecule has 0 bridgehead atoms. The SMILES string of the molecule is COC(=O)c1nc(-c2cc(OCc3ccc(OC)cc3)cc(C(F)(F)F)c2)ccc1C. The van der Waals surface area contributed by atoms with Gasteiger partial charge in [0, 0.05) is 5.56 Å². The van der Waals surface area contributed by atoms with E-state index in [9.17, 15) is 18.0 Å². The summed E-state index contributed by atoms with van der Waals surface area (Å²) in [5.41, 5.74) is 0.852. The number of esters is 1. The molecule has 0 aliphatic heterocycles. The van der Waals surface area contributed by atoms with E-state index in [1.165, 1.54) is 13.2 Å². The lowest BCUT2D eigenvalue weighted by Crippen LogP contribution is -2.09. The van der Waals surface area contributed by atoms with Crippen molar-refractivity contribution in [3.8, 4) is 22.8 Å². The molecule has 0 atom stereocenters. The lowest BCUT2D eigenvalue weighted by atomic mass is 10.0. The Hall–Kier alpha value is -3.55. The third kappa shape index (κ3) is 5.33. The van der Waals surface area contributed by atoms with E-state index in [-0.39, 0.29) is 29.3 Å². The zero-order chi connectivity index (χ0) is 22.6. The number of methoxy groups -OCH3 is 2. The van der Waals surface area contributed by atoms with Gasteiger partial charge in [-0.2, -0.15) is 13.2 Å².